The number of hydrogen-bond donors (Lipinski definition) is 1. The number of benzene rings is 3. The summed E-state index contributed by atoms with van der Waals surface area (Å²) in [5.41, 5.74) is 1.98. The molecular weight excluding hydrogens is 417 g/mol. The Morgan fingerprint density at radius 2 is 1.50 bits per heavy atom. The monoisotopic (exact) mass is 431 g/mol. The van der Waals surface area contributed by atoms with Crippen LogP contribution in [0.3, 0.4) is 0 Å². The molecule has 0 aromatic heterocycles. The lowest BCUT2D eigenvalue weighted by Crippen LogP contribution is -2.15. The van der Waals surface area contributed by atoms with Gasteiger partial charge in [0.15, 0.2) is 5.78 Å². The van der Waals surface area contributed by atoms with Crippen molar-refractivity contribution in [2.24, 2.45) is 0 Å². The molecule has 0 saturated carbocycles. The smallest absolute Gasteiger partial charge is 0.224 e. The largest absolute Gasteiger partial charge is 0.325 e. The van der Waals surface area contributed by atoms with Crippen LogP contribution < -0.4 is 5.32 Å². The van der Waals surface area contributed by atoms with E-state index in [9.17, 15) is 9.59 Å². The minimum Gasteiger partial charge on any atom is -0.325 e. The maximum absolute atomic E-state index is 12.8. The Morgan fingerprint density at radius 1 is 0.821 bits per heavy atom. The van der Waals surface area contributed by atoms with Crippen molar-refractivity contribution in [1.29, 1.82) is 0 Å². The molecule has 0 aliphatic carbocycles. The predicted molar refractivity (Wildman–Crippen MR) is 115 cm³/mol. The lowest BCUT2D eigenvalue weighted by atomic mass is 10.0. The summed E-state index contributed by atoms with van der Waals surface area (Å²) < 4.78 is 0. The van der Waals surface area contributed by atoms with Crippen LogP contribution in [0.4, 0.5) is 5.69 Å². The fraction of sp³-hybridized carbons (Fsp3) is 0.0909. The van der Waals surface area contributed by atoms with Crippen LogP contribution in [-0.4, -0.2) is 11.7 Å². The first kappa shape index (κ1) is 20.4. The molecule has 0 saturated heterocycles. The fourth-order valence-corrected chi connectivity index (χ4v) is 3.54. The Balaban J connectivity index is 1.77. The van der Waals surface area contributed by atoms with Gasteiger partial charge in [-0.1, -0.05) is 71.2 Å². The van der Waals surface area contributed by atoms with Gasteiger partial charge in [0, 0.05) is 32.6 Å². The summed E-state index contributed by atoms with van der Waals surface area (Å²) in [6.07, 6.45) is 0.560. The molecule has 6 heteroatoms. The maximum Gasteiger partial charge on any atom is 0.224 e. The van der Waals surface area contributed by atoms with E-state index < -0.39 is 0 Å². The molecule has 0 aliphatic heterocycles. The van der Waals surface area contributed by atoms with Crippen molar-refractivity contribution in [1.82, 2.24) is 0 Å². The fourth-order valence-electron chi connectivity index (χ4n) is 2.78. The van der Waals surface area contributed by atoms with Gasteiger partial charge in [-0.2, -0.15) is 0 Å². The van der Waals surface area contributed by atoms with E-state index in [1.807, 2.05) is 6.07 Å². The second-order valence-corrected chi connectivity index (χ2v) is 7.38. The lowest BCUT2D eigenvalue weighted by Gasteiger charge is -2.12. The van der Waals surface area contributed by atoms with E-state index >= 15 is 0 Å². The van der Waals surface area contributed by atoms with Gasteiger partial charge in [-0.25, -0.2) is 0 Å². The Hall–Kier alpha value is -2.33. The first-order valence-electron chi connectivity index (χ1n) is 8.58. The van der Waals surface area contributed by atoms with Crippen molar-refractivity contribution in [3.05, 3.63) is 98.5 Å². The van der Waals surface area contributed by atoms with Crippen LogP contribution in [0.25, 0.3) is 0 Å². The minimum atomic E-state index is -0.250. The number of anilines is 1. The number of carbonyl (C=O) groups excluding carboxylic acids is 2. The van der Waals surface area contributed by atoms with Crippen LogP contribution >= 0.6 is 34.8 Å². The minimum absolute atomic E-state index is 0.172. The van der Waals surface area contributed by atoms with Crippen LogP contribution in [0, 0.1) is 0 Å². The summed E-state index contributed by atoms with van der Waals surface area (Å²) in [7, 11) is 0. The van der Waals surface area contributed by atoms with Gasteiger partial charge in [-0.15, -0.1) is 0 Å². The first-order valence-corrected chi connectivity index (χ1v) is 9.71. The summed E-state index contributed by atoms with van der Waals surface area (Å²) in [6.45, 7) is 0. The van der Waals surface area contributed by atoms with E-state index in [4.69, 9.17) is 34.8 Å². The normalized spacial score (nSPS) is 10.5. The number of nitrogens with one attached hydrogen (secondary N) is 1. The summed E-state index contributed by atoms with van der Waals surface area (Å²) in [5.74, 6) is -0.465. The third-order valence-electron chi connectivity index (χ3n) is 4.20. The summed E-state index contributed by atoms with van der Waals surface area (Å²) >= 11 is 18.4. The molecule has 0 aliphatic rings. The highest BCUT2D eigenvalue weighted by molar-refractivity contribution is 6.36. The van der Waals surface area contributed by atoms with E-state index in [1.165, 1.54) is 0 Å². The van der Waals surface area contributed by atoms with Gasteiger partial charge in [0.2, 0.25) is 5.91 Å². The molecule has 1 N–H and O–H groups in total. The second kappa shape index (κ2) is 9.24. The Kier molecular flexibility index (Phi) is 6.74. The molecule has 3 aromatic carbocycles. The van der Waals surface area contributed by atoms with Gasteiger partial charge in [0.1, 0.15) is 0 Å². The molecule has 0 bridgehead atoms. The van der Waals surface area contributed by atoms with E-state index in [1.54, 1.807) is 60.7 Å². The summed E-state index contributed by atoms with van der Waals surface area (Å²) in [6, 6.07) is 18.9. The Labute approximate surface area is 178 Å². The summed E-state index contributed by atoms with van der Waals surface area (Å²) in [5, 5.41) is 4.25. The predicted octanol–water partition coefficient (Wildman–Crippen LogP) is 6.45. The number of hydrogen-bond acceptors (Lipinski definition) is 2. The van der Waals surface area contributed by atoms with E-state index in [-0.39, 0.29) is 18.1 Å². The molecule has 0 radical (unpaired) electrons. The molecule has 0 atom stereocenters. The molecule has 1 amide bonds. The van der Waals surface area contributed by atoms with Crippen LogP contribution in [0.15, 0.2) is 66.7 Å². The zero-order valence-corrected chi connectivity index (χ0v) is 17.0. The van der Waals surface area contributed by atoms with Gasteiger partial charge in [0.05, 0.1) is 5.69 Å². The van der Waals surface area contributed by atoms with E-state index in [0.717, 1.165) is 5.56 Å². The third-order valence-corrected chi connectivity index (χ3v) is 5.14. The maximum atomic E-state index is 12.8. The lowest BCUT2D eigenvalue weighted by molar-refractivity contribution is -0.116. The molecule has 0 spiro atoms. The molecule has 0 unspecified atom stereocenters. The van der Waals surface area contributed by atoms with Crippen LogP contribution in [-0.2, 0) is 11.2 Å². The topological polar surface area (TPSA) is 46.2 Å². The van der Waals surface area contributed by atoms with E-state index in [2.05, 4.69) is 5.32 Å². The van der Waals surface area contributed by atoms with Crippen molar-refractivity contribution in [2.45, 2.75) is 12.8 Å². The zero-order valence-electron chi connectivity index (χ0n) is 14.7. The number of carbonyl (C=O) groups is 2. The standard InChI is InChI=1S/C22H16Cl3NO2/c23-15-9-11-20(17(13-15)22(28)14-5-2-1-3-6-14)26-21(27)12-10-16-18(24)7-4-8-19(16)25/h1-9,11,13H,10,12H2,(H,26,27). The van der Waals surface area contributed by atoms with Gasteiger partial charge < -0.3 is 5.32 Å². The highest BCUT2D eigenvalue weighted by atomic mass is 35.5. The molecule has 3 nitrogen and oxygen atoms in total. The number of halogens is 3. The highest BCUT2D eigenvalue weighted by Gasteiger charge is 2.16. The SMILES string of the molecule is O=C(CCc1c(Cl)cccc1Cl)Nc1ccc(Cl)cc1C(=O)c1ccccc1. The van der Waals surface area contributed by atoms with Gasteiger partial charge in [0.25, 0.3) is 0 Å². The molecule has 3 aromatic rings. The van der Waals surface area contributed by atoms with Crippen molar-refractivity contribution in [2.75, 3.05) is 5.32 Å². The van der Waals surface area contributed by atoms with E-state index in [0.29, 0.717) is 38.3 Å². The Bertz CT molecular complexity index is 999. The average Bonchev–Trinajstić information content (AvgIpc) is 2.69. The average molecular weight is 433 g/mol. The van der Waals surface area contributed by atoms with Crippen molar-refractivity contribution >= 4 is 52.2 Å². The highest BCUT2D eigenvalue weighted by Crippen LogP contribution is 2.27. The molecule has 0 fully saturated rings. The quantitative estimate of drug-likeness (QED) is 0.455. The van der Waals surface area contributed by atoms with Crippen LogP contribution in [0.1, 0.15) is 27.9 Å². The van der Waals surface area contributed by atoms with Gasteiger partial charge in [-0.05, 0) is 42.3 Å². The zero-order chi connectivity index (χ0) is 20.1. The molecule has 3 rings (SSSR count). The van der Waals surface area contributed by atoms with Gasteiger partial charge in [-0.3, -0.25) is 9.59 Å². The molecular formula is C22H16Cl3NO2. The second-order valence-electron chi connectivity index (χ2n) is 6.13. The first-order chi connectivity index (χ1) is 13.5. The molecule has 142 valence electrons. The van der Waals surface area contributed by atoms with Crippen molar-refractivity contribution in [3.63, 3.8) is 0 Å². The van der Waals surface area contributed by atoms with Crippen LogP contribution in [0.2, 0.25) is 15.1 Å². The van der Waals surface area contributed by atoms with Crippen molar-refractivity contribution < 1.29 is 9.59 Å². The van der Waals surface area contributed by atoms with Crippen molar-refractivity contribution in [3.8, 4) is 0 Å². The third kappa shape index (κ3) is 4.93. The molecule has 28 heavy (non-hydrogen) atoms. The molecule has 0 heterocycles. The van der Waals surface area contributed by atoms with Gasteiger partial charge >= 0.3 is 0 Å². The summed E-state index contributed by atoms with van der Waals surface area (Å²) in [4.78, 5) is 25.3. The number of ketones is 1. The number of amides is 1. The number of rotatable bonds is 6. The Morgan fingerprint density at radius 3 is 2.18 bits per heavy atom. The van der Waals surface area contributed by atoms with Crippen LogP contribution in [0.5, 0.6) is 0 Å².